The minimum absolute atomic E-state index is 0.612. The summed E-state index contributed by atoms with van der Waals surface area (Å²) in [6.45, 7) is 4.30. The molecule has 1 fully saturated rings. The van der Waals surface area contributed by atoms with Gasteiger partial charge in [-0.2, -0.15) is 0 Å². The second-order valence-corrected chi connectivity index (χ2v) is 4.30. The van der Waals surface area contributed by atoms with Gasteiger partial charge in [-0.25, -0.2) is 9.97 Å². The molecule has 0 unspecified atom stereocenters. The van der Waals surface area contributed by atoms with Crippen LogP contribution in [0.4, 0.5) is 5.82 Å². The number of ether oxygens (including phenoxy) is 2. The third-order valence-corrected chi connectivity index (χ3v) is 2.82. The van der Waals surface area contributed by atoms with Crippen LogP contribution in [0, 0.1) is 12.8 Å². The molecule has 0 aromatic carbocycles. The van der Waals surface area contributed by atoms with E-state index in [1.807, 2.05) is 6.92 Å². The molecule has 17 heavy (non-hydrogen) atoms. The lowest BCUT2D eigenvalue weighted by Crippen LogP contribution is -2.12. The number of rotatable bonds is 7. The van der Waals surface area contributed by atoms with Gasteiger partial charge in [0.05, 0.1) is 19.3 Å². The highest BCUT2D eigenvalue weighted by Crippen LogP contribution is 2.28. The van der Waals surface area contributed by atoms with Crippen LogP contribution in [0.25, 0.3) is 0 Å². The Bertz CT molecular complexity index is 367. The van der Waals surface area contributed by atoms with Gasteiger partial charge in [0.15, 0.2) is 0 Å². The molecule has 0 atom stereocenters. The first-order valence-electron chi connectivity index (χ1n) is 5.98. The van der Waals surface area contributed by atoms with Gasteiger partial charge in [-0.3, -0.25) is 0 Å². The molecule has 0 spiro atoms. The van der Waals surface area contributed by atoms with Gasteiger partial charge in [-0.1, -0.05) is 0 Å². The lowest BCUT2D eigenvalue weighted by atomic mass is 10.3. The van der Waals surface area contributed by atoms with Crippen molar-refractivity contribution in [1.82, 2.24) is 9.97 Å². The Balaban J connectivity index is 1.73. The smallest absolute Gasteiger partial charge is 0.221 e. The van der Waals surface area contributed by atoms with E-state index in [9.17, 15) is 0 Å². The summed E-state index contributed by atoms with van der Waals surface area (Å²) in [4.78, 5) is 8.20. The summed E-state index contributed by atoms with van der Waals surface area (Å²) in [5.41, 5.74) is 0.928. The van der Waals surface area contributed by atoms with Crippen LogP contribution in [0.2, 0.25) is 0 Å². The Hall–Kier alpha value is -1.36. The maximum atomic E-state index is 5.54. The molecule has 5 nitrogen and oxygen atoms in total. The molecule has 1 aromatic rings. The van der Waals surface area contributed by atoms with E-state index in [1.54, 1.807) is 7.11 Å². The van der Waals surface area contributed by atoms with Crippen LogP contribution >= 0.6 is 0 Å². The summed E-state index contributed by atoms with van der Waals surface area (Å²) >= 11 is 0. The lowest BCUT2D eigenvalue weighted by Gasteiger charge is -2.10. The molecule has 5 heteroatoms. The molecule has 1 aliphatic rings. The largest absolute Gasteiger partial charge is 0.481 e. The van der Waals surface area contributed by atoms with Crippen molar-refractivity contribution >= 4 is 5.82 Å². The molecule has 0 radical (unpaired) electrons. The van der Waals surface area contributed by atoms with Crippen molar-refractivity contribution in [2.75, 3.05) is 32.2 Å². The number of nitrogens with zero attached hydrogens (tertiary/aromatic N) is 2. The number of anilines is 1. The Morgan fingerprint density at radius 1 is 1.41 bits per heavy atom. The first-order valence-corrected chi connectivity index (χ1v) is 5.98. The maximum Gasteiger partial charge on any atom is 0.221 e. The first-order chi connectivity index (χ1) is 8.31. The molecule has 0 saturated heterocycles. The van der Waals surface area contributed by atoms with E-state index >= 15 is 0 Å². The lowest BCUT2D eigenvalue weighted by molar-refractivity contribution is 0.134. The van der Waals surface area contributed by atoms with Gasteiger partial charge in [-0.05, 0) is 25.7 Å². The monoisotopic (exact) mass is 237 g/mol. The van der Waals surface area contributed by atoms with Crippen molar-refractivity contribution in [1.29, 1.82) is 0 Å². The minimum atomic E-state index is 0.612. The fraction of sp³-hybridized carbons (Fsp3) is 0.667. The van der Waals surface area contributed by atoms with Gasteiger partial charge >= 0.3 is 0 Å². The van der Waals surface area contributed by atoms with Gasteiger partial charge < -0.3 is 14.8 Å². The zero-order chi connectivity index (χ0) is 12.1. The van der Waals surface area contributed by atoms with Crippen molar-refractivity contribution in [2.24, 2.45) is 5.92 Å². The first kappa shape index (κ1) is 12.1. The van der Waals surface area contributed by atoms with Crippen LogP contribution in [0.15, 0.2) is 6.33 Å². The summed E-state index contributed by atoms with van der Waals surface area (Å²) < 4.78 is 10.7. The highest BCUT2D eigenvalue weighted by Gasteiger charge is 2.20. The van der Waals surface area contributed by atoms with Crippen molar-refractivity contribution in [2.45, 2.75) is 19.8 Å². The molecule has 0 bridgehead atoms. The predicted octanol–water partition coefficient (Wildman–Crippen LogP) is 1.63. The van der Waals surface area contributed by atoms with Crippen LogP contribution in [0.3, 0.4) is 0 Å². The number of hydrogen-bond acceptors (Lipinski definition) is 5. The van der Waals surface area contributed by atoms with Crippen molar-refractivity contribution in [3.63, 3.8) is 0 Å². The third-order valence-electron chi connectivity index (χ3n) is 2.82. The minimum Gasteiger partial charge on any atom is -0.481 e. The molecule has 94 valence electrons. The summed E-state index contributed by atoms with van der Waals surface area (Å²) in [7, 11) is 1.61. The van der Waals surface area contributed by atoms with E-state index in [-0.39, 0.29) is 0 Å². The highest BCUT2D eigenvalue weighted by atomic mass is 16.5. The Morgan fingerprint density at radius 3 is 2.94 bits per heavy atom. The molecule has 1 heterocycles. The normalized spacial score (nSPS) is 14.7. The Labute approximate surface area is 102 Å². The van der Waals surface area contributed by atoms with Crippen LogP contribution in [0.1, 0.15) is 18.4 Å². The van der Waals surface area contributed by atoms with Crippen molar-refractivity contribution in [3.05, 3.63) is 11.9 Å². The second-order valence-electron chi connectivity index (χ2n) is 4.30. The zero-order valence-corrected chi connectivity index (χ0v) is 10.4. The molecule has 1 aromatic heterocycles. The van der Waals surface area contributed by atoms with E-state index in [1.165, 1.54) is 19.2 Å². The van der Waals surface area contributed by atoms with Crippen molar-refractivity contribution < 1.29 is 9.47 Å². The van der Waals surface area contributed by atoms with Gasteiger partial charge in [0.2, 0.25) is 5.88 Å². The second kappa shape index (κ2) is 5.82. The van der Waals surface area contributed by atoms with Crippen LogP contribution in [-0.4, -0.2) is 36.8 Å². The average molecular weight is 237 g/mol. The van der Waals surface area contributed by atoms with Gasteiger partial charge in [0.1, 0.15) is 12.1 Å². The zero-order valence-electron chi connectivity index (χ0n) is 10.4. The molecule has 1 N–H and O–H groups in total. The standard InChI is InChI=1S/C12H19N3O2/c1-9-11(14-8-15-12(9)16-2)13-5-6-17-7-10-3-4-10/h8,10H,3-7H2,1-2H3,(H,13,14,15). The van der Waals surface area contributed by atoms with E-state index in [0.29, 0.717) is 12.5 Å². The number of hydrogen-bond donors (Lipinski definition) is 1. The summed E-state index contributed by atoms with van der Waals surface area (Å²) in [6, 6.07) is 0. The van der Waals surface area contributed by atoms with Gasteiger partial charge in [0, 0.05) is 13.2 Å². The van der Waals surface area contributed by atoms with Crippen molar-refractivity contribution in [3.8, 4) is 5.88 Å². The molecule has 0 aliphatic heterocycles. The SMILES string of the molecule is COc1ncnc(NCCOCC2CC2)c1C. The number of aromatic nitrogens is 2. The summed E-state index contributed by atoms with van der Waals surface area (Å²) in [5, 5.41) is 3.23. The molecule has 0 amide bonds. The fourth-order valence-electron chi connectivity index (χ4n) is 1.59. The average Bonchev–Trinajstić information content (AvgIpc) is 3.15. The molecule has 1 aliphatic carbocycles. The third kappa shape index (κ3) is 3.56. The van der Waals surface area contributed by atoms with E-state index in [0.717, 1.165) is 30.5 Å². The van der Waals surface area contributed by atoms with Gasteiger partial charge in [0.25, 0.3) is 0 Å². The van der Waals surface area contributed by atoms with E-state index < -0.39 is 0 Å². The summed E-state index contributed by atoms with van der Waals surface area (Å²) in [6.07, 6.45) is 4.16. The Morgan fingerprint density at radius 2 is 2.24 bits per heavy atom. The van der Waals surface area contributed by atoms with Crippen LogP contribution in [0.5, 0.6) is 5.88 Å². The van der Waals surface area contributed by atoms with Gasteiger partial charge in [-0.15, -0.1) is 0 Å². The Kier molecular flexibility index (Phi) is 4.14. The van der Waals surface area contributed by atoms with E-state index in [2.05, 4.69) is 15.3 Å². The number of methoxy groups -OCH3 is 1. The summed E-state index contributed by atoms with van der Waals surface area (Å²) in [5.74, 6) is 2.24. The van der Waals surface area contributed by atoms with Crippen LogP contribution < -0.4 is 10.1 Å². The number of nitrogens with one attached hydrogen (secondary N) is 1. The molecular formula is C12H19N3O2. The quantitative estimate of drug-likeness (QED) is 0.730. The molecule has 2 rings (SSSR count). The van der Waals surface area contributed by atoms with Crippen LogP contribution in [-0.2, 0) is 4.74 Å². The fourth-order valence-corrected chi connectivity index (χ4v) is 1.59. The van der Waals surface area contributed by atoms with E-state index in [4.69, 9.17) is 9.47 Å². The predicted molar refractivity (Wildman–Crippen MR) is 65.4 cm³/mol. The molecular weight excluding hydrogens is 218 g/mol. The highest BCUT2D eigenvalue weighted by molar-refractivity contribution is 5.47. The topological polar surface area (TPSA) is 56.3 Å². The maximum absolute atomic E-state index is 5.54. The molecule has 1 saturated carbocycles.